The van der Waals surface area contributed by atoms with Gasteiger partial charge in [-0.25, -0.2) is 22.0 Å². The number of anilines is 1. The van der Waals surface area contributed by atoms with Crippen LogP contribution in [0.3, 0.4) is 0 Å². The second-order valence-electron chi connectivity index (χ2n) is 3.23. The Morgan fingerprint density at radius 3 is 2.26 bits per heavy atom. The van der Waals surface area contributed by atoms with Gasteiger partial charge in [-0.05, 0) is 11.6 Å². The first-order valence-electron chi connectivity index (χ1n) is 4.45. The lowest BCUT2D eigenvalue weighted by atomic mass is 10.3. The fourth-order valence-corrected chi connectivity index (χ4v) is 2.84. The molecule has 10 nitrogen and oxygen atoms in total. The topological polar surface area (TPSA) is 178 Å². The number of nitrogens with zero attached hydrogens (tertiary/aromatic N) is 3. The minimum absolute atomic E-state index is 0.222. The standard InChI is InChI=1S/C7H9N5O5S2/c1-17-5-2-4(8)6(19(15,16)12-11-9)3-7(5)18(10,13)14/h2-3H,8H2,1H3,(H2,10,13,14). The highest BCUT2D eigenvalue weighted by molar-refractivity contribution is 7.90. The second kappa shape index (κ2) is 4.93. The Kier molecular flexibility index (Phi) is 3.91. The average molecular weight is 307 g/mol. The Balaban J connectivity index is 3.77. The Labute approximate surface area is 108 Å². The van der Waals surface area contributed by atoms with Crippen LogP contribution in [0.15, 0.2) is 26.4 Å². The fourth-order valence-electron chi connectivity index (χ4n) is 1.25. The van der Waals surface area contributed by atoms with E-state index >= 15 is 0 Å². The highest BCUT2D eigenvalue weighted by atomic mass is 32.2. The molecule has 4 N–H and O–H groups in total. The van der Waals surface area contributed by atoms with Gasteiger partial charge in [0, 0.05) is 15.5 Å². The number of sulfonamides is 2. The molecule has 0 aliphatic heterocycles. The molecule has 0 aromatic heterocycles. The van der Waals surface area contributed by atoms with Crippen molar-refractivity contribution < 1.29 is 21.6 Å². The number of nitrogen functional groups attached to an aromatic ring is 1. The molecule has 0 fully saturated rings. The van der Waals surface area contributed by atoms with E-state index in [-0.39, 0.29) is 11.4 Å². The van der Waals surface area contributed by atoms with E-state index in [0.717, 1.165) is 13.2 Å². The maximum Gasteiger partial charge on any atom is 0.266 e. The lowest BCUT2D eigenvalue weighted by Crippen LogP contribution is -2.15. The van der Waals surface area contributed by atoms with Gasteiger partial charge in [0.15, 0.2) is 0 Å². The maximum atomic E-state index is 11.6. The van der Waals surface area contributed by atoms with Gasteiger partial charge in [0.2, 0.25) is 10.0 Å². The largest absolute Gasteiger partial charge is 0.495 e. The highest BCUT2D eigenvalue weighted by Crippen LogP contribution is 2.31. The summed E-state index contributed by atoms with van der Waals surface area (Å²) in [6.45, 7) is 0. The van der Waals surface area contributed by atoms with Crippen molar-refractivity contribution in [1.29, 1.82) is 0 Å². The van der Waals surface area contributed by atoms with Gasteiger partial charge < -0.3 is 10.5 Å². The fraction of sp³-hybridized carbons (Fsp3) is 0.143. The Morgan fingerprint density at radius 2 is 1.84 bits per heavy atom. The molecule has 0 spiro atoms. The van der Waals surface area contributed by atoms with Gasteiger partial charge in [0.05, 0.1) is 17.7 Å². The van der Waals surface area contributed by atoms with Gasteiger partial charge in [-0.1, -0.05) is 0 Å². The summed E-state index contributed by atoms with van der Waals surface area (Å²) in [5.41, 5.74) is 13.3. The molecule has 0 aliphatic carbocycles. The number of benzene rings is 1. The van der Waals surface area contributed by atoms with E-state index < -0.39 is 29.8 Å². The predicted molar refractivity (Wildman–Crippen MR) is 65.1 cm³/mol. The molecule has 0 saturated carbocycles. The predicted octanol–water partition coefficient (Wildman–Crippen LogP) is -0.0762. The SMILES string of the molecule is COc1cc(N)c(S(=O)(=O)N=[N+]=[N-])cc1S(N)(=O)=O. The number of azide groups is 1. The molecule has 1 aromatic carbocycles. The van der Waals surface area contributed by atoms with E-state index in [0.29, 0.717) is 6.07 Å². The monoisotopic (exact) mass is 307 g/mol. The van der Waals surface area contributed by atoms with Crippen molar-refractivity contribution in [2.45, 2.75) is 9.79 Å². The lowest BCUT2D eigenvalue weighted by Gasteiger charge is -2.10. The van der Waals surface area contributed by atoms with E-state index in [1.54, 1.807) is 0 Å². The first kappa shape index (κ1) is 15.0. The molecule has 0 amide bonds. The summed E-state index contributed by atoms with van der Waals surface area (Å²) < 4.78 is 53.1. The number of methoxy groups -OCH3 is 1. The van der Waals surface area contributed by atoms with Crippen LogP contribution < -0.4 is 15.6 Å². The molecule has 0 unspecified atom stereocenters. The summed E-state index contributed by atoms with van der Waals surface area (Å²) in [4.78, 5) is 0.871. The first-order valence-corrected chi connectivity index (χ1v) is 7.44. The third-order valence-electron chi connectivity index (χ3n) is 2.02. The quantitative estimate of drug-likeness (QED) is 0.340. The number of rotatable bonds is 4. The van der Waals surface area contributed by atoms with Gasteiger partial charge >= 0.3 is 0 Å². The number of ether oxygens (including phenoxy) is 1. The van der Waals surface area contributed by atoms with Crippen molar-refractivity contribution in [3.63, 3.8) is 0 Å². The van der Waals surface area contributed by atoms with Crippen LogP contribution >= 0.6 is 0 Å². The number of hydrogen-bond acceptors (Lipinski definition) is 6. The summed E-state index contributed by atoms with van der Waals surface area (Å²) in [7, 11) is -7.52. The normalized spacial score (nSPS) is 11.7. The van der Waals surface area contributed by atoms with E-state index in [2.05, 4.69) is 9.43 Å². The molecule has 12 heteroatoms. The van der Waals surface area contributed by atoms with Crippen LogP contribution in [0.25, 0.3) is 10.4 Å². The van der Waals surface area contributed by atoms with Crippen molar-refractivity contribution in [3.05, 3.63) is 22.6 Å². The third-order valence-corrected chi connectivity index (χ3v) is 4.15. The Bertz CT molecular complexity index is 763. The maximum absolute atomic E-state index is 11.6. The Hall–Kier alpha value is -2.01. The summed E-state index contributed by atoms with van der Waals surface area (Å²) in [5, 5.41) is 4.92. The lowest BCUT2D eigenvalue weighted by molar-refractivity contribution is 0.402. The minimum Gasteiger partial charge on any atom is -0.495 e. The van der Waals surface area contributed by atoms with Crippen LogP contribution in [-0.4, -0.2) is 23.9 Å². The molecular weight excluding hydrogens is 298 g/mol. The van der Waals surface area contributed by atoms with Crippen LogP contribution in [0.1, 0.15) is 0 Å². The number of primary sulfonamides is 1. The molecule has 0 aliphatic rings. The van der Waals surface area contributed by atoms with Crippen molar-refractivity contribution in [3.8, 4) is 5.75 Å². The van der Waals surface area contributed by atoms with Crippen molar-refractivity contribution in [2.24, 2.45) is 9.66 Å². The van der Waals surface area contributed by atoms with Crippen LogP contribution in [-0.2, 0) is 20.0 Å². The van der Waals surface area contributed by atoms with E-state index in [9.17, 15) is 16.8 Å². The van der Waals surface area contributed by atoms with Crippen LogP contribution in [0.4, 0.5) is 5.69 Å². The molecule has 0 bridgehead atoms. The van der Waals surface area contributed by atoms with Crippen LogP contribution in [0, 0.1) is 0 Å². The number of hydrogen-bond donors (Lipinski definition) is 2. The highest BCUT2D eigenvalue weighted by Gasteiger charge is 2.23. The van der Waals surface area contributed by atoms with E-state index in [1.807, 2.05) is 0 Å². The molecule has 1 aromatic rings. The molecule has 0 atom stereocenters. The van der Waals surface area contributed by atoms with Crippen molar-refractivity contribution >= 4 is 25.7 Å². The van der Waals surface area contributed by atoms with Crippen molar-refractivity contribution in [1.82, 2.24) is 0 Å². The average Bonchev–Trinajstić information content (AvgIpc) is 2.26. The Morgan fingerprint density at radius 1 is 1.26 bits per heavy atom. The zero-order valence-corrected chi connectivity index (χ0v) is 11.1. The summed E-state index contributed by atoms with van der Waals surface area (Å²) in [6.07, 6.45) is 0. The van der Waals surface area contributed by atoms with Gasteiger partial charge in [-0.15, -0.1) is 0 Å². The molecule has 0 heterocycles. The molecule has 0 radical (unpaired) electrons. The van der Waals surface area contributed by atoms with Crippen LogP contribution in [0.2, 0.25) is 0 Å². The van der Waals surface area contributed by atoms with E-state index in [4.69, 9.17) is 21.1 Å². The second-order valence-corrected chi connectivity index (χ2v) is 6.32. The summed E-state index contributed by atoms with van der Waals surface area (Å²) in [5.74, 6) is -0.222. The molecule has 104 valence electrons. The zero-order chi connectivity index (χ0) is 14.8. The molecule has 19 heavy (non-hydrogen) atoms. The molecule has 0 saturated heterocycles. The summed E-state index contributed by atoms with van der Waals surface area (Å²) >= 11 is 0. The smallest absolute Gasteiger partial charge is 0.266 e. The van der Waals surface area contributed by atoms with Crippen molar-refractivity contribution in [2.75, 3.05) is 12.8 Å². The van der Waals surface area contributed by atoms with E-state index in [1.165, 1.54) is 0 Å². The van der Waals surface area contributed by atoms with Gasteiger partial charge in [0.1, 0.15) is 10.6 Å². The minimum atomic E-state index is -4.44. The van der Waals surface area contributed by atoms with Gasteiger partial charge in [-0.3, -0.25) is 0 Å². The molecular formula is C7H9N5O5S2. The number of nitrogens with two attached hydrogens (primary N) is 2. The first-order chi connectivity index (χ1) is 8.63. The summed E-state index contributed by atoms with van der Waals surface area (Å²) in [6, 6.07) is 1.63. The molecule has 1 rings (SSSR count). The third kappa shape index (κ3) is 3.06. The van der Waals surface area contributed by atoms with Crippen LogP contribution in [0.5, 0.6) is 5.75 Å². The van der Waals surface area contributed by atoms with Gasteiger partial charge in [-0.2, -0.15) is 0 Å². The van der Waals surface area contributed by atoms with Gasteiger partial charge in [0.25, 0.3) is 10.0 Å². The zero-order valence-electron chi connectivity index (χ0n) is 9.51.